The molecule has 4 aliphatic rings. The molecule has 0 heterocycles. The molecule has 30 heavy (non-hydrogen) atoms. The second-order valence-electron chi connectivity index (χ2n) is 12.6. The fourth-order valence-electron chi connectivity index (χ4n) is 9.41. The molecule has 3 nitrogen and oxygen atoms in total. The average Bonchev–Trinajstić information content (AvgIpc) is 3.03. The van der Waals surface area contributed by atoms with Gasteiger partial charge in [-0.15, -0.1) is 0 Å². The van der Waals surface area contributed by atoms with Crippen molar-refractivity contribution in [2.45, 2.75) is 117 Å². The molecule has 172 valence electrons. The number of aliphatic carboxylic acids is 1. The monoisotopic (exact) mass is 417 g/mol. The first-order chi connectivity index (χ1) is 14.1. The summed E-state index contributed by atoms with van der Waals surface area (Å²) < 4.78 is 0. The first kappa shape index (κ1) is 22.6. The number of fused-ring (bicyclic) bond motifs is 5. The molecule has 2 N–H and O–H groups in total. The maximum Gasteiger partial charge on any atom is 0.303 e. The summed E-state index contributed by atoms with van der Waals surface area (Å²) in [5.74, 6) is 4.33. The normalized spacial score (nSPS) is 46.7. The highest BCUT2D eigenvalue weighted by molar-refractivity contribution is 5.66. The molecule has 0 aromatic carbocycles. The maximum absolute atomic E-state index is 11.1. The van der Waals surface area contributed by atoms with Gasteiger partial charge in [-0.25, -0.2) is 0 Å². The number of nitrogens with one attached hydrogen (secondary N) is 1. The van der Waals surface area contributed by atoms with Gasteiger partial charge in [-0.05, 0) is 111 Å². The van der Waals surface area contributed by atoms with Gasteiger partial charge in [0, 0.05) is 18.5 Å². The Morgan fingerprint density at radius 2 is 1.67 bits per heavy atom. The summed E-state index contributed by atoms with van der Waals surface area (Å²) in [5, 5.41) is 13.0. The van der Waals surface area contributed by atoms with Gasteiger partial charge in [0.15, 0.2) is 0 Å². The standard InChI is InChI=1S/C27H47NO2/c1-17(2)28-20-12-14-26(4)19(16-20)7-8-21-23-10-9-22(18(3)6-11-25(29)30)27(23,5)15-13-24(21)26/h17-24,28H,6-16H2,1-5H3,(H,29,30). The van der Waals surface area contributed by atoms with Crippen LogP contribution in [0.25, 0.3) is 0 Å². The first-order valence-corrected chi connectivity index (χ1v) is 13.1. The van der Waals surface area contributed by atoms with Crippen LogP contribution >= 0.6 is 0 Å². The Bertz CT molecular complexity index is 632. The Labute approximate surface area is 185 Å². The van der Waals surface area contributed by atoms with Crippen LogP contribution in [0.2, 0.25) is 0 Å². The molecule has 4 rings (SSSR count). The smallest absolute Gasteiger partial charge is 0.303 e. The minimum Gasteiger partial charge on any atom is -0.481 e. The lowest BCUT2D eigenvalue weighted by atomic mass is 9.44. The molecule has 0 radical (unpaired) electrons. The molecular weight excluding hydrogens is 370 g/mol. The van der Waals surface area contributed by atoms with Gasteiger partial charge in [0.1, 0.15) is 0 Å². The topological polar surface area (TPSA) is 49.3 Å². The lowest BCUT2D eigenvalue weighted by Gasteiger charge is -2.61. The van der Waals surface area contributed by atoms with Crippen LogP contribution in [0.5, 0.6) is 0 Å². The van der Waals surface area contributed by atoms with Gasteiger partial charge in [0.25, 0.3) is 0 Å². The summed E-state index contributed by atoms with van der Waals surface area (Å²) in [7, 11) is 0. The summed E-state index contributed by atoms with van der Waals surface area (Å²) in [4.78, 5) is 11.1. The third-order valence-electron chi connectivity index (χ3n) is 10.8. The first-order valence-electron chi connectivity index (χ1n) is 13.1. The number of hydrogen-bond acceptors (Lipinski definition) is 2. The van der Waals surface area contributed by atoms with Crippen LogP contribution in [-0.2, 0) is 4.79 Å². The Hall–Kier alpha value is -0.570. The number of carbonyl (C=O) groups is 1. The fraction of sp³-hybridized carbons (Fsp3) is 0.963. The molecular formula is C27H47NO2. The van der Waals surface area contributed by atoms with Crippen LogP contribution in [0, 0.1) is 46.3 Å². The van der Waals surface area contributed by atoms with Crippen LogP contribution in [-0.4, -0.2) is 23.2 Å². The largest absolute Gasteiger partial charge is 0.481 e. The Morgan fingerprint density at radius 3 is 2.37 bits per heavy atom. The van der Waals surface area contributed by atoms with Crippen molar-refractivity contribution in [3.8, 4) is 0 Å². The van der Waals surface area contributed by atoms with E-state index in [1.54, 1.807) is 0 Å². The Balaban J connectivity index is 1.46. The second-order valence-corrected chi connectivity index (χ2v) is 12.6. The number of rotatable bonds is 6. The van der Waals surface area contributed by atoms with E-state index in [0.29, 0.717) is 29.2 Å². The highest BCUT2D eigenvalue weighted by atomic mass is 16.4. The highest BCUT2D eigenvalue weighted by Gasteiger charge is 2.60. The van der Waals surface area contributed by atoms with Crippen molar-refractivity contribution >= 4 is 5.97 Å². The quantitative estimate of drug-likeness (QED) is 0.518. The molecule has 0 aromatic rings. The molecule has 4 saturated carbocycles. The number of hydrogen-bond donors (Lipinski definition) is 2. The molecule has 4 fully saturated rings. The van der Waals surface area contributed by atoms with Crippen molar-refractivity contribution in [2.24, 2.45) is 46.3 Å². The maximum atomic E-state index is 11.1. The lowest BCUT2D eigenvalue weighted by molar-refractivity contribution is -0.137. The minimum atomic E-state index is -0.626. The zero-order valence-corrected chi connectivity index (χ0v) is 20.3. The van der Waals surface area contributed by atoms with Crippen LogP contribution in [0.1, 0.15) is 105 Å². The van der Waals surface area contributed by atoms with Crippen LogP contribution in [0.4, 0.5) is 0 Å². The summed E-state index contributed by atoms with van der Waals surface area (Å²) in [6, 6.07) is 1.34. The molecule has 0 saturated heterocycles. The fourth-order valence-corrected chi connectivity index (χ4v) is 9.41. The molecule has 0 amide bonds. The average molecular weight is 418 g/mol. The van der Waals surface area contributed by atoms with E-state index in [0.717, 1.165) is 42.1 Å². The van der Waals surface area contributed by atoms with Gasteiger partial charge in [0.05, 0.1) is 0 Å². The highest BCUT2D eigenvalue weighted by Crippen LogP contribution is 2.68. The minimum absolute atomic E-state index is 0.343. The van der Waals surface area contributed by atoms with Gasteiger partial charge >= 0.3 is 5.97 Å². The molecule has 0 aliphatic heterocycles. The molecule has 9 atom stereocenters. The van der Waals surface area contributed by atoms with E-state index in [1.807, 2.05) is 0 Å². The zero-order valence-electron chi connectivity index (χ0n) is 20.3. The van der Waals surface area contributed by atoms with Crippen molar-refractivity contribution in [2.75, 3.05) is 0 Å². The van der Waals surface area contributed by atoms with Crippen LogP contribution in [0.3, 0.4) is 0 Å². The molecule has 0 bridgehead atoms. The summed E-state index contributed by atoms with van der Waals surface area (Å²) in [6.45, 7) is 12.2. The SMILES string of the molecule is CC(C)NC1CCC2(C)C(CCC3C2CCC2(C)C(C(C)CCC(=O)O)CCC32)C1. The van der Waals surface area contributed by atoms with E-state index >= 15 is 0 Å². The van der Waals surface area contributed by atoms with E-state index in [1.165, 1.54) is 57.8 Å². The number of carboxylic acids is 1. The van der Waals surface area contributed by atoms with E-state index in [2.05, 4.69) is 39.9 Å². The molecule has 9 unspecified atom stereocenters. The van der Waals surface area contributed by atoms with E-state index in [9.17, 15) is 4.79 Å². The molecule has 3 heteroatoms. The van der Waals surface area contributed by atoms with Crippen LogP contribution in [0.15, 0.2) is 0 Å². The molecule has 4 aliphatic carbocycles. The zero-order chi connectivity index (χ0) is 21.7. The van der Waals surface area contributed by atoms with Gasteiger partial charge < -0.3 is 10.4 Å². The van der Waals surface area contributed by atoms with Gasteiger partial charge in [0.2, 0.25) is 0 Å². The van der Waals surface area contributed by atoms with Crippen LogP contribution < -0.4 is 5.32 Å². The number of carboxylic acid groups (broad SMARTS) is 1. The van der Waals surface area contributed by atoms with Gasteiger partial charge in [-0.3, -0.25) is 4.79 Å². The van der Waals surface area contributed by atoms with Gasteiger partial charge in [-0.2, -0.15) is 0 Å². The summed E-state index contributed by atoms with van der Waals surface area (Å²) >= 11 is 0. The Morgan fingerprint density at radius 1 is 0.967 bits per heavy atom. The van der Waals surface area contributed by atoms with Crippen molar-refractivity contribution in [1.82, 2.24) is 5.32 Å². The Kier molecular flexibility index (Phi) is 6.34. The predicted molar refractivity (Wildman–Crippen MR) is 123 cm³/mol. The van der Waals surface area contributed by atoms with Gasteiger partial charge in [-0.1, -0.05) is 34.6 Å². The van der Waals surface area contributed by atoms with E-state index < -0.39 is 5.97 Å². The lowest BCUT2D eigenvalue weighted by Crippen LogP contribution is -2.55. The summed E-state index contributed by atoms with van der Waals surface area (Å²) in [5.41, 5.74) is 1.02. The molecule has 0 spiro atoms. The van der Waals surface area contributed by atoms with E-state index in [-0.39, 0.29) is 0 Å². The third-order valence-corrected chi connectivity index (χ3v) is 10.8. The van der Waals surface area contributed by atoms with E-state index in [4.69, 9.17) is 5.11 Å². The van der Waals surface area contributed by atoms with Crippen molar-refractivity contribution < 1.29 is 9.90 Å². The van der Waals surface area contributed by atoms with Crippen molar-refractivity contribution in [3.05, 3.63) is 0 Å². The third kappa shape index (κ3) is 3.86. The second kappa shape index (κ2) is 8.41. The predicted octanol–water partition coefficient (Wildman–Crippen LogP) is 6.51. The summed E-state index contributed by atoms with van der Waals surface area (Å²) in [6.07, 6.45) is 13.8. The van der Waals surface area contributed by atoms with Crippen molar-refractivity contribution in [1.29, 1.82) is 0 Å². The molecule has 0 aromatic heterocycles. The van der Waals surface area contributed by atoms with Crippen molar-refractivity contribution in [3.63, 3.8) is 0 Å².